The lowest BCUT2D eigenvalue weighted by Gasteiger charge is -2.36. The van der Waals surface area contributed by atoms with Gasteiger partial charge in [-0.1, -0.05) is 49.1 Å². The molecule has 1 aliphatic heterocycles. The summed E-state index contributed by atoms with van der Waals surface area (Å²) < 4.78 is 0.885. The summed E-state index contributed by atoms with van der Waals surface area (Å²) >= 11 is 7.16. The molecule has 0 aliphatic carbocycles. The predicted octanol–water partition coefficient (Wildman–Crippen LogP) is 2.92. The van der Waals surface area contributed by atoms with E-state index in [0.29, 0.717) is 0 Å². The zero-order valence-electron chi connectivity index (χ0n) is 11.4. The van der Waals surface area contributed by atoms with Crippen LogP contribution in [0.1, 0.15) is 18.2 Å². The number of thioether (sulfide) groups is 1. The predicted molar refractivity (Wildman–Crippen MR) is 89.1 cm³/mol. The van der Waals surface area contributed by atoms with Gasteiger partial charge in [-0.2, -0.15) is 0 Å². The molecule has 0 saturated heterocycles. The number of aliphatic hydroxyl groups is 1. The maximum absolute atomic E-state index is 9.69. The average Bonchev–Trinajstić information content (AvgIpc) is 2.83. The molecule has 3 rings (SSSR count). The third-order valence-electron chi connectivity index (χ3n) is 3.82. The topological polar surface area (TPSA) is 39.3 Å². The van der Waals surface area contributed by atoms with Crippen LogP contribution in [0.5, 0.6) is 0 Å². The monoisotopic (exact) mass is 306 g/mol. The highest BCUT2D eigenvalue weighted by Crippen LogP contribution is 2.31. The van der Waals surface area contributed by atoms with Crippen molar-refractivity contribution in [1.29, 1.82) is 0 Å². The second-order valence-corrected chi connectivity index (χ2v) is 6.89. The van der Waals surface area contributed by atoms with Crippen molar-refractivity contribution in [2.45, 2.75) is 25.9 Å². The van der Waals surface area contributed by atoms with Gasteiger partial charge in [-0.15, -0.1) is 0 Å². The Kier molecular flexibility index (Phi) is 4.01. The van der Waals surface area contributed by atoms with Gasteiger partial charge < -0.3 is 15.0 Å². The van der Waals surface area contributed by atoms with Crippen LogP contribution in [0, 0.1) is 0 Å². The highest BCUT2D eigenvalue weighted by molar-refractivity contribution is 8.22. The third kappa shape index (κ3) is 2.34. The number of para-hydroxylation sites is 1. The number of fused-ring (bicyclic) bond motifs is 3. The van der Waals surface area contributed by atoms with Crippen molar-refractivity contribution in [3.8, 4) is 0 Å². The molecule has 0 radical (unpaired) electrons. The fraction of sp³-hybridized carbons (Fsp3) is 0.400. The maximum Gasteiger partial charge on any atom is 0.137 e. The van der Waals surface area contributed by atoms with Crippen molar-refractivity contribution >= 4 is 39.2 Å². The number of H-pyrrole nitrogens is 1. The van der Waals surface area contributed by atoms with E-state index in [1.165, 1.54) is 22.2 Å². The lowest BCUT2D eigenvalue weighted by atomic mass is 9.98. The molecular weight excluding hydrogens is 288 g/mol. The van der Waals surface area contributed by atoms with Gasteiger partial charge in [-0.05, 0) is 23.8 Å². The molecule has 5 heteroatoms. The summed E-state index contributed by atoms with van der Waals surface area (Å²) in [6.07, 6.45) is 0.847. The molecule has 0 amide bonds. The van der Waals surface area contributed by atoms with Crippen LogP contribution in [0.3, 0.4) is 0 Å². The van der Waals surface area contributed by atoms with Crippen LogP contribution in [-0.2, 0) is 13.0 Å². The van der Waals surface area contributed by atoms with E-state index in [1.54, 1.807) is 11.8 Å². The summed E-state index contributed by atoms with van der Waals surface area (Å²) in [5, 5.41) is 11.0. The molecule has 1 aromatic heterocycles. The van der Waals surface area contributed by atoms with E-state index in [-0.39, 0.29) is 12.6 Å². The molecule has 1 atom stereocenters. The quantitative estimate of drug-likeness (QED) is 0.837. The third-order valence-corrected chi connectivity index (χ3v) is 5.18. The molecule has 0 bridgehead atoms. The van der Waals surface area contributed by atoms with Crippen molar-refractivity contribution in [1.82, 2.24) is 9.88 Å². The van der Waals surface area contributed by atoms with Crippen LogP contribution < -0.4 is 0 Å². The van der Waals surface area contributed by atoms with E-state index in [9.17, 15) is 5.11 Å². The summed E-state index contributed by atoms with van der Waals surface area (Å²) in [7, 11) is 0. The van der Waals surface area contributed by atoms with Crippen LogP contribution in [0.15, 0.2) is 24.3 Å². The van der Waals surface area contributed by atoms with Gasteiger partial charge in [0.2, 0.25) is 0 Å². The fourth-order valence-corrected chi connectivity index (χ4v) is 4.05. The van der Waals surface area contributed by atoms with E-state index in [0.717, 1.165) is 23.0 Å². The molecule has 3 nitrogen and oxygen atoms in total. The molecule has 2 N–H and O–H groups in total. The van der Waals surface area contributed by atoms with Gasteiger partial charge >= 0.3 is 0 Å². The number of thiocarbonyl (C=S) groups is 1. The zero-order valence-corrected chi connectivity index (χ0v) is 13.1. The SMILES string of the molecule is CCSC(=S)N1Cc2[nH]c3ccccc3c2C[C@H]1CO. The molecule has 0 fully saturated rings. The second kappa shape index (κ2) is 5.76. The largest absolute Gasteiger partial charge is 0.394 e. The van der Waals surface area contributed by atoms with Gasteiger partial charge in [0.1, 0.15) is 4.32 Å². The number of aromatic nitrogens is 1. The Morgan fingerprint density at radius 2 is 2.30 bits per heavy atom. The molecule has 0 saturated carbocycles. The van der Waals surface area contributed by atoms with Crippen molar-refractivity contribution in [2.24, 2.45) is 0 Å². The summed E-state index contributed by atoms with van der Waals surface area (Å²) in [5.74, 6) is 0.965. The molecule has 1 aliphatic rings. The first-order chi connectivity index (χ1) is 9.74. The standard InChI is InChI=1S/C15H18N2OS2/c1-2-20-15(19)17-8-14-12(7-10(17)9-18)11-5-3-4-6-13(11)16-14/h3-6,10,16,18H,2,7-9H2,1H3/t10-/m0/s1. The molecule has 106 valence electrons. The molecule has 1 aromatic carbocycles. The first-order valence-electron chi connectivity index (χ1n) is 6.87. The number of nitrogens with one attached hydrogen (secondary N) is 1. The second-order valence-electron chi connectivity index (χ2n) is 5.00. The average molecular weight is 306 g/mol. The van der Waals surface area contributed by atoms with Crippen molar-refractivity contribution < 1.29 is 5.11 Å². The maximum atomic E-state index is 9.69. The number of nitrogens with zero attached hydrogens (tertiary/aromatic N) is 1. The van der Waals surface area contributed by atoms with E-state index in [2.05, 4.69) is 35.0 Å². The van der Waals surface area contributed by atoms with Crippen molar-refractivity contribution in [3.05, 3.63) is 35.5 Å². The Morgan fingerprint density at radius 1 is 1.50 bits per heavy atom. The van der Waals surface area contributed by atoms with Gasteiger partial charge in [0, 0.05) is 16.6 Å². The smallest absolute Gasteiger partial charge is 0.137 e. The van der Waals surface area contributed by atoms with Gasteiger partial charge in [0.15, 0.2) is 0 Å². The summed E-state index contributed by atoms with van der Waals surface area (Å²) in [5.41, 5.74) is 3.74. The lowest BCUT2D eigenvalue weighted by Crippen LogP contribution is -2.44. The van der Waals surface area contributed by atoms with Crippen LogP contribution in [0.4, 0.5) is 0 Å². The van der Waals surface area contributed by atoms with E-state index in [4.69, 9.17) is 12.2 Å². The lowest BCUT2D eigenvalue weighted by molar-refractivity contribution is 0.169. The Balaban J connectivity index is 1.98. The van der Waals surface area contributed by atoms with Gasteiger partial charge in [-0.25, -0.2) is 0 Å². The molecular formula is C15H18N2OS2. The number of aromatic amines is 1. The number of hydrogen-bond donors (Lipinski definition) is 2. The first-order valence-corrected chi connectivity index (χ1v) is 8.26. The minimum atomic E-state index is 0.0910. The highest BCUT2D eigenvalue weighted by Gasteiger charge is 2.29. The van der Waals surface area contributed by atoms with Crippen LogP contribution >= 0.6 is 24.0 Å². The van der Waals surface area contributed by atoms with E-state index in [1.807, 2.05) is 6.07 Å². The fourth-order valence-electron chi connectivity index (χ4n) is 2.85. The van der Waals surface area contributed by atoms with Gasteiger partial charge in [-0.3, -0.25) is 0 Å². The Hall–Kier alpha value is -1.04. The van der Waals surface area contributed by atoms with Gasteiger partial charge in [0.25, 0.3) is 0 Å². The van der Waals surface area contributed by atoms with Crippen molar-refractivity contribution in [3.63, 3.8) is 0 Å². The number of rotatable bonds is 2. The zero-order chi connectivity index (χ0) is 14.1. The van der Waals surface area contributed by atoms with E-state index < -0.39 is 0 Å². The summed E-state index contributed by atoms with van der Waals surface area (Å²) in [6.45, 7) is 3.01. The molecule has 2 heterocycles. The number of aliphatic hydroxyl groups excluding tert-OH is 1. The summed E-state index contributed by atoms with van der Waals surface area (Å²) in [6, 6.07) is 8.45. The normalized spacial score (nSPS) is 18.3. The molecule has 2 aromatic rings. The van der Waals surface area contributed by atoms with Crippen LogP contribution in [-0.4, -0.2) is 37.7 Å². The molecule has 20 heavy (non-hydrogen) atoms. The van der Waals surface area contributed by atoms with E-state index >= 15 is 0 Å². The Bertz CT molecular complexity index is 638. The molecule has 0 spiro atoms. The highest BCUT2D eigenvalue weighted by atomic mass is 32.2. The number of benzene rings is 1. The minimum absolute atomic E-state index is 0.0910. The van der Waals surface area contributed by atoms with Gasteiger partial charge in [0.05, 0.1) is 19.2 Å². The first kappa shape index (κ1) is 13.9. The number of hydrogen-bond acceptors (Lipinski definition) is 3. The van der Waals surface area contributed by atoms with Crippen molar-refractivity contribution in [2.75, 3.05) is 12.4 Å². The Morgan fingerprint density at radius 3 is 3.05 bits per heavy atom. The summed E-state index contributed by atoms with van der Waals surface area (Å²) in [4.78, 5) is 5.65. The molecule has 0 unspecified atom stereocenters. The van der Waals surface area contributed by atoms with Crippen LogP contribution in [0.25, 0.3) is 10.9 Å². The Labute approximate surface area is 128 Å². The van der Waals surface area contributed by atoms with Crippen LogP contribution in [0.2, 0.25) is 0 Å². The minimum Gasteiger partial charge on any atom is -0.394 e.